The third kappa shape index (κ3) is 2.32. The van der Waals surface area contributed by atoms with Gasteiger partial charge in [-0.1, -0.05) is 0 Å². The number of rotatable bonds is 2. The van der Waals surface area contributed by atoms with Gasteiger partial charge in [0.1, 0.15) is 5.88 Å². The highest BCUT2D eigenvalue weighted by atomic mass is 32.2. The summed E-state index contributed by atoms with van der Waals surface area (Å²) in [6.45, 7) is 1.90. The molecule has 1 heterocycles. The van der Waals surface area contributed by atoms with Gasteiger partial charge in [-0.15, -0.1) is 0 Å². The van der Waals surface area contributed by atoms with Crippen molar-refractivity contribution in [2.24, 2.45) is 0 Å². The molecule has 0 spiro atoms. The zero-order valence-corrected chi connectivity index (χ0v) is 6.32. The van der Waals surface area contributed by atoms with E-state index in [-0.39, 0.29) is 5.88 Å². The fourth-order valence-electron chi connectivity index (χ4n) is 0.842. The third-order valence-electron chi connectivity index (χ3n) is 1.37. The van der Waals surface area contributed by atoms with E-state index in [1.807, 2.05) is 4.90 Å². The first-order valence-electron chi connectivity index (χ1n) is 2.98. The normalized spacial score (nSPS) is 21.4. The Hall–Kier alpha value is -0.0900. The number of sulfone groups is 1. The van der Waals surface area contributed by atoms with E-state index in [1.54, 1.807) is 0 Å². The van der Waals surface area contributed by atoms with Gasteiger partial charge in [0.2, 0.25) is 0 Å². The van der Waals surface area contributed by atoms with Gasteiger partial charge >= 0.3 is 0 Å². The van der Waals surface area contributed by atoms with Crippen molar-refractivity contribution in [3.63, 3.8) is 0 Å². The molecule has 1 saturated heterocycles. The van der Waals surface area contributed by atoms with Crippen molar-refractivity contribution in [3.05, 3.63) is 0 Å². The molecule has 0 bridgehead atoms. The van der Waals surface area contributed by atoms with Gasteiger partial charge in [-0.3, -0.25) is 4.90 Å². The van der Waals surface area contributed by atoms with Crippen molar-refractivity contribution in [2.75, 3.05) is 25.2 Å². The van der Waals surface area contributed by atoms with Crippen molar-refractivity contribution >= 4 is 9.84 Å². The number of hydrogen-bond acceptors (Lipinski definition) is 3. The first kappa shape index (κ1) is 7.02. The summed E-state index contributed by atoms with van der Waals surface area (Å²) in [7, 11) is -2.76. The summed E-state index contributed by atoms with van der Waals surface area (Å²) in [6, 6.07) is 0. The molecule has 0 aromatic carbocycles. The van der Waals surface area contributed by atoms with E-state index in [9.17, 15) is 8.42 Å². The maximum absolute atomic E-state index is 10.6. The second kappa shape index (κ2) is 2.27. The third-order valence-corrected chi connectivity index (χ3v) is 2.20. The smallest absolute Gasteiger partial charge is 0.160 e. The van der Waals surface area contributed by atoms with E-state index >= 15 is 0 Å². The number of likely N-dealkylation sites (tertiary alicyclic amines) is 1. The Bertz CT molecular complexity index is 181. The summed E-state index contributed by atoms with van der Waals surface area (Å²) in [5, 5.41) is 0. The molecule has 1 aliphatic rings. The molecule has 0 aliphatic carbocycles. The van der Waals surface area contributed by atoms with Crippen LogP contribution in [0.1, 0.15) is 6.42 Å². The molecule has 0 amide bonds. The average Bonchev–Trinajstić information content (AvgIpc) is 1.53. The van der Waals surface area contributed by atoms with E-state index in [0.717, 1.165) is 19.5 Å². The standard InChI is InChI=1S/C5H11NO2S/c1-9(7,8)5-6-3-2-4-6/h2-5H2,1H3. The van der Waals surface area contributed by atoms with Crippen molar-refractivity contribution in [1.29, 1.82) is 0 Å². The van der Waals surface area contributed by atoms with E-state index in [4.69, 9.17) is 0 Å². The molecule has 0 radical (unpaired) electrons. The SMILES string of the molecule is CS(=O)(=O)CN1CCC1. The zero-order valence-electron chi connectivity index (χ0n) is 5.50. The molecule has 0 N–H and O–H groups in total. The van der Waals surface area contributed by atoms with Gasteiger partial charge < -0.3 is 0 Å². The van der Waals surface area contributed by atoms with Crippen LogP contribution in [0.4, 0.5) is 0 Å². The van der Waals surface area contributed by atoms with Crippen molar-refractivity contribution in [1.82, 2.24) is 4.90 Å². The first-order valence-corrected chi connectivity index (χ1v) is 5.04. The van der Waals surface area contributed by atoms with Crippen LogP contribution < -0.4 is 0 Å². The monoisotopic (exact) mass is 149 g/mol. The van der Waals surface area contributed by atoms with Crippen LogP contribution >= 0.6 is 0 Å². The van der Waals surface area contributed by atoms with Crippen LogP contribution in [-0.4, -0.2) is 38.5 Å². The molecule has 9 heavy (non-hydrogen) atoms. The highest BCUT2D eigenvalue weighted by Gasteiger charge is 2.17. The molecular formula is C5H11NO2S. The van der Waals surface area contributed by atoms with Gasteiger partial charge in [-0.05, 0) is 6.42 Å². The predicted octanol–water partition coefficient (Wildman–Crippen LogP) is -0.306. The largest absolute Gasteiger partial charge is 0.290 e. The Morgan fingerprint density at radius 3 is 2.11 bits per heavy atom. The van der Waals surface area contributed by atoms with Crippen molar-refractivity contribution < 1.29 is 8.42 Å². The highest BCUT2D eigenvalue weighted by Crippen LogP contribution is 2.05. The van der Waals surface area contributed by atoms with Crippen LogP contribution in [0.3, 0.4) is 0 Å². The molecule has 0 saturated carbocycles. The van der Waals surface area contributed by atoms with Crippen molar-refractivity contribution in [3.8, 4) is 0 Å². The summed E-state index contributed by atoms with van der Waals surface area (Å²) in [5.74, 6) is 0.243. The first-order chi connectivity index (χ1) is 4.08. The molecule has 3 nitrogen and oxygen atoms in total. The maximum atomic E-state index is 10.6. The van der Waals surface area contributed by atoms with Crippen molar-refractivity contribution in [2.45, 2.75) is 6.42 Å². The summed E-state index contributed by atoms with van der Waals surface area (Å²) in [6.07, 6.45) is 2.42. The second-order valence-electron chi connectivity index (χ2n) is 2.53. The topological polar surface area (TPSA) is 37.4 Å². The lowest BCUT2D eigenvalue weighted by atomic mass is 10.2. The highest BCUT2D eigenvalue weighted by molar-refractivity contribution is 7.90. The van der Waals surface area contributed by atoms with Crippen LogP contribution in [-0.2, 0) is 9.84 Å². The Morgan fingerprint density at radius 2 is 2.00 bits per heavy atom. The Balaban J connectivity index is 2.33. The van der Waals surface area contributed by atoms with Gasteiger partial charge in [0.05, 0.1) is 0 Å². The Labute approximate surface area is 55.6 Å². The summed E-state index contributed by atoms with van der Waals surface area (Å²) >= 11 is 0. The average molecular weight is 149 g/mol. The quantitative estimate of drug-likeness (QED) is 0.540. The van der Waals surface area contributed by atoms with Gasteiger partial charge in [0.25, 0.3) is 0 Å². The summed E-state index contributed by atoms with van der Waals surface area (Å²) in [5.41, 5.74) is 0. The molecule has 1 aliphatic heterocycles. The maximum Gasteiger partial charge on any atom is 0.160 e. The fraction of sp³-hybridized carbons (Fsp3) is 1.00. The lowest BCUT2D eigenvalue weighted by molar-refractivity contribution is 0.213. The van der Waals surface area contributed by atoms with Gasteiger partial charge in [-0.25, -0.2) is 8.42 Å². The van der Waals surface area contributed by atoms with Gasteiger partial charge in [0, 0.05) is 19.3 Å². The number of nitrogens with zero attached hydrogens (tertiary/aromatic N) is 1. The lowest BCUT2D eigenvalue weighted by Gasteiger charge is -2.29. The molecule has 0 aromatic rings. The molecule has 0 atom stereocenters. The summed E-state index contributed by atoms with van der Waals surface area (Å²) in [4.78, 5) is 1.93. The van der Waals surface area contributed by atoms with E-state index < -0.39 is 9.84 Å². The van der Waals surface area contributed by atoms with Crippen LogP contribution in [0.2, 0.25) is 0 Å². The molecule has 1 rings (SSSR count). The van der Waals surface area contributed by atoms with Crippen LogP contribution in [0.5, 0.6) is 0 Å². The minimum atomic E-state index is -2.76. The minimum Gasteiger partial charge on any atom is -0.290 e. The molecular weight excluding hydrogens is 138 g/mol. The number of hydrogen-bond donors (Lipinski definition) is 0. The van der Waals surface area contributed by atoms with E-state index in [2.05, 4.69) is 0 Å². The zero-order chi connectivity index (χ0) is 6.91. The molecule has 4 heteroatoms. The van der Waals surface area contributed by atoms with Crippen LogP contribution in [0.15, 0.2) is 0 Å². The second-order valence-corrected chi connectivity index (χ2v) is 4.64. The summed E-state index contributed by atoms with van der Waals surface area (Å²) < 4.78 is 21.2. The molecule has 1 fully saturated rings. The van der Waals surface area contributed by atoms with E-state index in [0.29, 0.717) is 0 Å². The van der Waals surface area contributed by atoms with Gasteiger partial charge in [-0.2, -0.15) is 0 Å². The predicted molar refractivity (Wildman–Crippen MR) is 35.9 cm³/mol. The van der Waals surface area contributed by atoms with Crippen LogP contribution in [0, 0.1) is 0 Å². The molecule has 0 aromatic heterocycles. The van der Waals surface area contributed by atoms with Crippen LogP contribution in [0.25, 0.3) is 0 Å². The molecule has 0 unspecified atom stereocenters. The minimum absolute atomic E-state index is 0.243. The Kier molecular flexibility index (Phi) is 1.77. The van der Waals surface area contributed by atoms with E-state index in [1.165, 1.54) is 6.26 Å². The Morgan fingerprint density at radius 1 is 1.44 bits per heavy atom. The molecule has 54 valence electrons. The fourth-order valence-corrected chi connectivity index (χ4v) is 1.76. The lowest BCUT2D eigenvalue weighted by Crippen LogP contribution is -2.40. The van der Waals surface area contributed by atoms with Gasteiger partial charge in [0.15, 0.2) is 9.84 Å².